The Morgan fingerprint density at radius 1 is 0.625 bits per heavy atom. The summed E-state index contributed by atoms with van der Waals surface area (Å²) < 4.78 is 0. The van der Waals surface area contributed by atoms with Crippen LogP contribution in [0, 0.1) is 13.8 Å². The van der Waals surface area contributed by atoms with Crippen molar-refractivity contribution in [3.05, 3.63) is 65.0 Å². The fourth-order valence-electron chi connectivity index (χ4n) is 1.39. The molecule has 0 aliphatic heterocycles. The Bertz CT molecular complexity index is 388. The number of rotatable bonds is 2. The fourth-order valence-corrected chi connectivity index (χ4v) is 1.39. The van der Waals surface area contributed by atoms with E-state index in [-0.39, 0.29) is 18.9 Å². The van der Waals surface area contributed by atoms with Crippen LogP contribution < -0.4 is 18.9 Å². The summed E-state index contributed by atoms with van der Waals surface area (Å²) in [6.45, 7) is 4.16. The van der Waals surface area contributed by atoms with Gasteiger partial charge in [0.25, 0.3) is 0 Å². The molecule has 1 nitrogen and oxygen atoms in total. The molecular weight excluding hydrogens is 189 g/mol. The van der Waals surface area contributed by atoms with Gasteiger partial charge in [-0.15, -0.1) is 11.4 Å². The molecular formula is C14H14LiN. The first-order valence-electron chi connectivity index (χ1n) is 5.09. The quantitative estimate of drug-likeness (QED) is 0.659. The fraction of sp³-hybridized carbons (Fsp3) is 0.143. The molecule has 0 N–H and O–H groups in total. The Balaban J connectivity index is 0.00000128. The second-order valence-electron chi connectivity index (χ2n) is 3.78. The van der Waals surface area contributed by atoms with Crippen LogP contribution in [0.5, 0.6) is 0 Å². The Labute approximate surface area is 109 Å². The topological polar surface area (TPSA) is 14.1 Å². The molecule has 0 atom stereocenters. The first-order valence-corrected chi connectivity index (χ1v) is 5.09. The maximum absolute atomic E-state index is 4.52. The van der Waals surface area contributed by atoms with Crippen LogP contribution in [-0.4, -0.2) is 0 Å². The zero-order valence-corrected chi connectivity index (χ0v) is 10.1. The standard InChI is InChI=1S/C14H14N.Li/c1-11-3-7-13(8-4-11)15-14-9-5-12(2)6-10-14;/h3-10H,1-2H3;/q-1;+1. The second kappa shape index (κ2) is 5.79. The molecule has 0 radical (unpaired) electrons. The van der Waals surface area contributed by atoms with Gasteiger partial charge in [-0.1, -0.05) is 59.7 Å². The molecule has 0 aromatic heterocycles. The number of benzene rings is 2. The van der Waals surface area contributed by atoms with Gasteiger partial charge in [0.1, 0.15) is 0 Å². The molecule has 0 amide bonds. The molecule has 0 saturated carbocycles. The van der Waals surface area contributed by atoms with Crippen LogP contribution in [0.15, 0.2) is 48.5 Å². The molecule has 2 heteroatoms. The molecule has 16 heavy (non-hydrogen) atoms. The minimum atomic E-state index is 0. The van der Waals surface area contributed by atoms with Crippen LogP contribution >= 0.6 is 0 Å². The van der Waals surface area contributed by atoms with E-state index >= 15 is 0 Å². The van der Waals surface area contributed by atoms with Crippen LogP contribution in [0.1, 0.15) is 11.1 Å². The van der Waals surface area contributed by atoms with E-state index in [0.29, 0.717) is 0 Å². The Kier molecular flexibility index (Phi) is 4.67. The summed E-state index contributed by atoms with van der Waals surface area (Å²) in [6, 6.07) is 16.5. The molecule has 0 heterocycles. The first kappa shape index (κ1) is 12.9. The van der Waals surface area contributed by atoms with Crippen molar-refractivity contribution >= 4 is 11.4 Å². The van der Waals surface area contributed by atoms with Gasteiger partial charge in [0.2, 0.25) is 0 Å². The number of nitrogens with zero attached hydrogens (tertiary/aromatic N) is 1. The average Bonchev–Trinajstić information content (AvgIpc) is 2.25. The van der Waals surface area contributed by atoms with Gasteiger partial charge in [-0.2, -0.15) is 0 Å². The molecule has 0 unspecified atom stereocenters. The molecule has 0 fully saturated rings. The maximum Gasteiger partial charge on any atom is 1.00 e. The summed E-state index contributed by atoms with van der Waals surface area (Å²) in [5, 5.41) is 4.52. The van der Waals surface area contributed by atoms with E-state index < -0.39 is 0 Å². The van der Waals surface area contributed by atoms with Crippen molar-refractivity contribution in [2.24, 2.45) is 0 Å². The van der Waals surface area contributed by atoms with Gasteiger partial charge < -0.3 is 5.32 Å². The van der Waals surface area contributed by atoms with Gasteiger partial charge in [0.15, 0.2) is 0 Å². The van der Waals surface area contributed by atoms with E-state index in [9.17, 15) is 0 Å². The van der Waals surface area contributed by atoms with Crippen LogP contribution in [0.4, 0.5) is 11.4 Å². The van der Waals surface area contributed by atoms with Gasteiger partial charge >= 0.3 is 18.9 Å². The minimum Gasteiger partial charge on any atom is -0.658 e. The van der Waals surface area contributed by atoms with Gasteiger partial charge in [-0.3, -0.25) is 0 Å². The van der Waals surface area contributed by atoms with Crippen LogP contribution in [0.3, 0.4) is 0 Å². The minimum absolute atomic E-state index is 0. The second-order valence-corrected chi connectivity index (χ2v) is 3.78. The monoisotopic (exact) mass is 203 g/mol. The Hall–Kier alpha value is -1.16. The predicted molar refractivity (Wildman–Crippen MR) is 65.0 cm³/mol. The molecule has 0 bridgehead atoms. The molecule has 2 aromatic carbocycles. The van der Waals surface area contributed by atoms with Crippen molar-refractivity contribution < 1.29 is 18.9 Å². The van der Waals surface area contributed by atoms with Crippen molar-refractivity contribution in [1.29, 1.82) is 0 Å². The van der Waals surface area contributed by atoms with E-state index in [4.69, 9.17) is 0 Å². The van der Waals surface area contributed by atoms with Crippen molar-refractivity contribution in [1.82, 2.24) is 0 Å². The Morgan fingerprint density at radius 3 is 1.25 bits per heavy atom. The van der Waals surface area contributed by atoms with Crippen molar-refractivity contribution in [3.63, 3.8) is 0 Å². The van der Waals surface area contributed by atoms with Gasteiger partial charge in [-0.05, 0) is 13.8 Å². The molecule has 0 aliphatic rings. The third-order valence-electron chi connectivity index (χ3n) is 2.33. The van der Waals surface area contributed by atoms with Crippen LogP contribution in [-0.2, 0) is 0 Å². The molecule has 76 valence electrons. The number of hydrogen-bond acceptors (Lipinski definition) is 0. The zero-order valence-electron chi connectivity index (χ0n) is 10.1. The van der Waals surface area contributed by atoms with Gasteiger partial charge in [0.05, 0.1) is 0 Å². The van der Waals surface area contributed by atoms with E-state index in [1.54, 1.807) is 0 Å². The van der Waals surface area contributed by atoms with Gasteiger partial charge in [0, 0.05) is 0 Å². The van der Waals surface area contributed by atoms with E-state index in [1.165, 1.54) is 11.1 Å². The summed E-state index contributed by atoms with van der Waals surface area (Å²) in [5.41, 5.74) is 4.53. The van der Waals surface area contributed by atoms with Crippen molar-refractivity contribution in [2.45, 2.75) is 13.8 Å². The van der Waals surface area contributed by atoms with Gasteiger partial charge in [-0.25, -0.2) is 0 Å². The van der Waals surface area contributed by atoms with E-state index in [0.717, 1.165) is 11.4 Å². The molecule has 2 aromatic rings. The largest absolute Gasteiger partial charge is 1.00 e. The molecule has 0 spiro atoms. The zero-order chi connectivity index (χ0) is 10.7. The molecule has 2 rings (SSSR count). The third kappa shape index (κ3) is 3.45. The average molecular weight is 203 g/mol. The van der Waals surface area contributed by atoms with Crippen LogP contribution in [0.25, 0.3) is 5.32 Å². The summed E-state index contributed by atoms with van der Waals surface area (Å²) in [7, 11) is 0. The summed E-state index contributed by atoms with van der Waals surface area (Å²) in [5.74, 6) is 0. The SMILES string of the molecule is Cc1ccc([N-]c2ccc(C)cc2)cc1.[Li+]. The normalized spacial score (nSPS) is 9.38. The number of aryl methyl sites for hydroxylation is 2. The first-order chi connectivity index (χ1) is 7.24. The number of hydrogen-bond donors (Lipinski definition) is 0. The summed E-state index contributed by atoms with van der Waals surface area (Å²) in [4.78, 5) is 0. The maximum atomic E-state index is 4.52. The smallest absolute Gasteiger partial charge is 0.658 e. The predicted octanol–water partition coefficient (Wildman–Crippen LogP) is 1.64. The van der Waals surface area contributed by atoms with Crippen LogP contribution in [0.2, 0.25) is 0 Å². The van der Waals surface area contributed by atoms with Crippen molar-refractivity contribution in [3.8, 4) is 0 Å². The molecule has 0 saturated heterocycles. The van der Waals surface area contributed by atoms with E-state index in [1.807, 2.05) is 24.3 Å². The summed E-state index contributed by atoms with van der Waals surface area (Å²) in [6.07, 6.45) is 0. The molecule has 0 aliphatic carbocycles. The third-order valence-corrected chi connectivity index (χ3v) is 2.33. The summed E-state index contributed by atoms with van der Waals surface area (Å²) >= 11 is 0. The van der Waals surface area contributed by atoms with E-state index in [2.05, 4.69) is 43.4 Å². The Morgan fingerprint density at radius 2 is 0.938 bits per heavy atom. The van der Waals surface area contributed by atoms with Crippen molar-refractivity contribution in [2.75, 3.05) is 0 Å².